The van der Waals surface area contributed by atoms with Crippen molar-refractivity contribution in [1.29, 1.82) is 0 Å². The van der Waals surface area contributed by atoms with Crippen molar-refractivity contribution >= 4 is 22.8 Å². The molecule has 3 aromatic heterocycles. The topological polar surface area (TPSA) is 110 Å². The molecular weight excluding hydrogens is 388 g/mol. The van der Waals surface area contributed by atoms with Crippen LogP contribution in [0.2, 0.25) is 5.28 Å². The highest BCUT2D eigenvalue weighted by molar-refractivity contribution is 6.29. The molecule has 4 aromatic rings. The zero-order chi connectivity index (χ0) is 20.0. The monoisotopic (exact) mass is 402 g/mol. The maximum atomic E-state index is 12.6. The summed E-state index contributed by atoms with van der Waals surface area (Å²) >= 11 is 6.21. The Balaban J connectivity index is 1.75. The van der Waals surface area contributed by atoms with Crippen molar-refractivity contribution in [3.8, 4) is 17.1 Å². The first kappa shape index (κ1) is 18.0. The van der Waals surface area contributed by atoms with Crippen LogP contribution in [0.1, 0.15) is 5.89 Å². The van der Waals surface area contributed by atoms with Crippen molar-refractivity contribution in [1.82, 2.24) is 28.8 Å². The molecule has 0 fully saturated rings. The van der Waals surface area contributed by atoms with Gasteiger partial charge in [-0.15, -0.1) is 0 Å². The Hall–Kier alpha value is -3.40. The maximum Gasteiger partial charge on any atom is 0.332 e. The van der Waals surface area contributed by atoms with Crippen LogP contribution in [-0.2, 0) is 20.6 Å². The Kier molecular flexibility index (Phi) is 4.27. The number of rotatable bonds is 4. The lowest BCUT2D eigenvalue weighted by molar-refractivity contribution is 0.372. The fourth-order valence-corrected chi connectivity index (χ4v) is 3.10. The first-order valence-corrected chi connectivity index (χ1v) is 8.57. The van der Waals surface area contributed by atoms with Crippen molar-refractivity contribution in [3.63, 3.8) is 0 Å². The first-order chi connectivity index (χ1) is 13.4. The van der Waals surface area contributed by atoms with Gasteiger partial charge in [0.2, 0.25) is 17.0 Å². The van der Waals surface area contributed by atoms with Gasteiger partial charge in [-0.1, -0.05) is 5.16 Å². The van der Waals surface area contributed by atoms with E-state index in [9.17, 15) is 9.59 Å². The fraction of sp³-hybridized carbons (Fsp3) is 0.235. The van der Waals surface area contributed by atoms with E-state index >= 15 is 0 Å². The molecule has 0 N–H and O–H groups in total. The Morgan fingerprint density at radius 2 is 1.82 bits per heavy atom. The van der Waals surface area contributed by atoms with Crippen LogP contribution in [0.15, 0.2) is 38.4 Å². The quantitative estimate of drug-likeness (QED) is 0.471. The summed E-state index contributed by atoms with van der Waals surface area (Å²) in [5, 5.41) is 4.00. The van der Waals surface area contributed by atoms with Gasteiger partial charge >= 0.3 is 5.69 Å². The van der Waals surface area contributed by atoms with Crippen LogP contribution in [0, 0.1) is 0 Å². The second-order valence-corrected chi connectivity index (χ2v) is 6.42. The van der Waals surface area contributed by atoms with Gasteiger partial charge in [-0.05, 0) is 35.9 Å². The van der Waals surface area contributed by atoms with Crippen LogP contribution < -0.4 is 16.0 Å². The highest BCUT2D eigenvalue weighted by atomic mass is 35.5. The highest BCUT2D eigenvalue weighted by Crippen LogP contribution is 2.21. The number of aryl methyl sites for hydroxylation is 1. The number of benzene rings is 1. The van der Waals surface area contributed by atoms with E-state index in [1.54, 1.807) is 31.4 Å². The standard InChI is InChI=1S/C17H15ClN6O4/c1-22-14-12(15(25)23(2)17(22)26)24(16(18)20-14)8-11-19-13(21-28-11)9-4-6-10(27-3)7-5-9/h4-7H,8H2,1-3H3. The number of fused-ring (bicyclic) bond motifs is 1. The Morgan fingerprint density at radius 3 is 2.50 bits per heavy atom. The lowest BCUT2D eigenvalue weighted by atomic mass is 10.2. The molecule has 10 nitrogen and oxygen atoms in total. The molecule has 0 aliphatic heterocycles. The van der Waals surface area contributed by atoms with Gasteiger partial charge in [-0.25, -0.2) is 4.79 Å². The SMILES string of the molecule is COc1ccc(-c2noc(Cn3c(Cl)nc4c3c(=O)n(C)c(=O)n4C)n2)cc1. The largest absolute Gasteiger partial charge is 0.497 e. The van der Waals surface area contributed by atoms with Crippen molar-refractivity contribution in [2.24, 2.45) is 14.1 Å². The Labute approximate surface area is 162 Å². The summed E-state index contributed by atoms with van der Waals surface area (Å²) < 4.78 is 14.1. The minimum absolute atomic E-state index is 0.0337. The van der Waals surface area contributed by atoms with Gasteiger partial charge < -0.3 is 9.26 Å². The summed E-state index contributed by atoms with van der Waals surface area (Å²) in [6, 6.07) is 7.18. The molecule has 0 unspecified atom stereocenters. The average molecular weight is 403 g/mol. The highest BCUT2D eigenvalue weighted by Gasteiger charge is 2.20. The fourth-order valence-electron chi connectivity index (χ4n) is 2.88. The number of hydrogen-bond acceptors (Lipinski definition) is 7. The number of aromatic nitrogens is 6. The van der Waals surface area contributed by atoms with Crippen LogP contribution in [0.5, 0.6) is 5.75 Å². The Morgan fingerprint density at radius 1 is 1.11 bits per heavy atom. The molecule has 0 bridgehead atoms. The molecule has 11 heteroatoms. The van der Waals surface area contributed by atoms with Crippen LogP contribution >= 0.6 is 11.6 Å². The zero-order valence-corrected chi connectivity index (χ0v) is 16.0. The van der Waals surface area contributed by atoms with E-state index in [0.717, 1.165) is 10.1 Å². The molecular formula is C17H15ClN6O4. The number of halogens is 1. The second-order valence-electron chi connectivity index (χ2n) is 6.09. The van der Waals surface area contributed by atoms with Gasteiger partial charge in [-0.2, -0.15) is 9.97 Å². The second kappa shape index (κ2) is 6.64. The molecule has 0 aliphatic carbocycles. The van der Waals surface area contributed by atoms with E-state index in [1.807, 2.05) is 0 Å². The number of nitrogens with zero attached hydrogens (tertiary/aromatic N) is 6. The van der Waals surface area contributed by atoms with Crippen LogP contribution in [-0.4, -0.2) is 35.9 Å². The van der Waals surface area contributed by atoms with Gasteiger partial charge in [0.25, 0.3) is 5.56 Å². The van der Waals surface area contributed by atoms with E-state index in [1.165, 1.54) is 23.2 Å². The first-order valence-electron chi connectivity index (χ1n) is 8.19. The normalized spacial score (nSPS) is 11.3. The molecule has 3 heterocycles. The summed E-state index contributed by atoms with van der Waals surface area (Å²) in [7, 11) is 4.50. The molecule has 28 heavy (non-hydrogen) atoms. The lowest BCUT2D eigenvalue weighted by Gasteiger charge is -2.05. The van der Waals surface area contributed by atoms with Crippen molar-refractivity contribution in [2.45, 2.75) is 6.54 Å². The summed E-state index contributed by atoms with van der Waals surface area (Å²) in [6.07, 6.45) is 0. The number of methoxy groups -OCH3 is 1. The Bertz CT molecular complexity index is 1300. The minimum atomic E-state index is -0.507. The summed E-state index contributed by atoms with van der Waals surface area (Å²) in [4.78, 5) is 33.1. The summed E-state index contributed by atoms with van der Waals surface area (Å²) in [6.45, 7) is 0.0337. The third kappa shape index (κ3) is 2.78. The molecule has 144 valence electrons. The molecule has 1 aromatic carbocycles. The van der Waals surface area contributed by atoms with Gasteiger partial charge in [-0.3, -0.25) is 18.5 Å². The smallest absolute Gasteiger partial charge is 0.332 e. The van der Waals surface area contributed by atoms with E-state index in [4.69, 9.17) is 20.9 Å². The predicted molar refractivity (Wildman–Crippen MR) is 101 cm³/mol. The van der Waals surface area contributed by atoms with Crippen molar-refractivity contribution < 1.29 is 9.26 Å². The average Bonchev–Trinajstić information content (AvgIpc) is 3.30. The van der Waals surface area contributed by atoms with Gasteiger partial charge in [0.1, 0.15) is 12.3 Å². The third-order valence-electron chi connectivity index (χ3n) is 4.41. The molecule has 0 atom stereocenters. The summed E-state index contributed by atoms with van der Waals surface area (Å²) in [5.41, 5.74) is 0.119. The van der Waals surface area contributed by atoms with Gasteiger partial charge in [0.15, 0.2) is 11.2 Å². The van der Waals surface area contributed by atoms with Crippen LogP contribution in [0.4, 0.5) is 0 Å². The van der Waals surface area contributed by atoms with Crippen molar-refractivity contribution in [2.75, 3.05) is 7.11 Å². The van der Waals surface area contributed by atoms with E-state index in [-0.39, 0.29) is 28.9 Å². The molecule has 0 saturated heterocycles. The maximum absolute atomic E-state index is 12.6. The molecule has 0 radical (unpaired) electrons. The predicted octanol–water partition coefficient (Wildman–Crippen LogP) is 1.19. The lowest BCUT2D eigenvalue weighted by Crippen LogP contribution is -2.37. The summed E-state index contributed by atoms with van der Waals surface area (Å²) in [5.74, 6) is 1.34. The molecule has 0 spiro atoms. The number of ether oxygens (including phenoxy) is 1. The molecule has 0 saturated carbocycles. The molecule has 0 amide bonds. The molecule has 4 rings (SSSR count). The van der Waals surface area contributed by atoms with E-state index in [2.05, 4.69) is 15.1 Å². The zero-order valence-electron chi connectivity index (χ0n) is 15.2. The number of imidazole rings is 1. The third-order valence-corrected chi connectivity index (χ3v) is 4.70. The number of hydrogen-bond donors (Lipinski definition) is 0. The van der Waals surface area contributed by atoms with E-state index in [0.29, 0.717) is 11.6 Å². The van der Waals surface area contributed by atoms with Crippen LogP contribution in [0.25, 0.3) is 22.6 Å². The van der Waals surface area contributed by atoms with Crippen LogP contribution in [0.3, 0.4) is 0 Å². The van der Waals surface area contributed by atoms with Crippen molar-refractivity contribution in [3.05, 3.63) is 56.3 Å². The van der Waals surface area contributed by atoms with Gasteiger partial charge in [0, 0.05) is 19.7 Å². The van der Waals surface area contributed by atoms with E-state index < -0.39 is 11.2 Å². The molecule has 0 aliphatic rings. The van der Waals surface area contributed by atoms with Gasteiger partial charge in [0.05, 0.1) is 7.11 Å². The minimum Gasteiger partial charge on any atom is -0.497 e.